The van der Waals surface area contributed by atoms with Crippen LogP contribution in [0, 0.1) is 0 Å². The number of anilines is 1. The van der Waals surface area contributed by atoms with E-state index >= 15 is 0 Å². The van der Waals surface area contributed by atoms with E-state index in [1.54, 1.807) is 12.1 Å². The van der Waals surface area contributed by atoms with Crippen LogP contribution < -0.4 is 5.73 Å². The number of hydrogen-bond donors (Lipinski definition) is 3. The van der Waals surface area contributed by atoms with Gasteiger partial charge in [0.05, 0.1) is 7.85 Å². The van der Waals surface area contributed by atoms with E-state index < -0.39 is 0 Å². The van der Waals surface area contributed by atoms with Gasteiger partial charge in [0.1, 0.15) is 5.75 Å². The van der Waals surface area contributed by atoms with Crippen molar-refractivity contribution in [2.45, 2.75) is 19.2 Å². The lowest BCUT2D eigenvalue weighted by Crippen LogP contribution is -2.01. The molecule has 0 saturated carbocycles. The third-order valence-electron chi connectivity index (χ3n) is 2.23. The first-order valence-corrected chi connectivity index (χ1v) is 4.60. The molecule has 0 spiro atoms. The van der Waals surface area contributed by atoms with E-state index in [1.807, 2.05) is 0 Å². The van der Waals surface area contributed by atoms with Crippen molar-refractivity contribution >= 4 is 13.5 Å². The first-order valence-electron chi connectivity index (χ1n) is 4.60. The van der Waals surface area contributed by atoms with Crippen LogP contribution in [0.25, 0.3) is 0 Å². The topological polar surface area (TPSA) is 66.5 Å². The average Bonchev–Trinajstić information content (AvgIpc) is 2.18. The van der Waals surface area contributed by atoms with Crippen LogP contribution in [0.4, 0.5) is 5.69 Å². The Labute approximate surface area is 85.0 Å². The zero-order chi connectivity index (χ0) is 10.6. The van der Waals surface area contributed by atoms with Gasteiger partial charge in [-0.25, -0.2) is 0 Å². The summed E-state index contributed by atoms with van der Waals surface area (Å²) in [5.41, 5.74) is 7.87. The zero-order valence-electron chi connectivity index (χ0n) is 8.03. The van der Waals surface area contributed by atoms with E-state index in [0.29, 0.717) is 24.1 Å². The molecule has 0 bridgehead atoms. The zero-order valence-corrected chi connectivity index (χ0v) is 8.03. The number of aliphatic hydroxyl groups excluding tert-OH is 1. The molecule has 3 nitrogen and oxygen atoms in total. The van der Waals surface area contributed by atoms with Crippen LogP contribution >= 0.6 is 0 Å². The van der Waals surface area contributed by atoms with Gasteiger partial charge in [-0.2, -0.15) is 0 Å². The van der Waals surface area contributed by atoms with Crippen molar-refractivity contribution in [1.29, 1.82) is 0 Å². The lowest BCUT2D eigenvalue weighted by atomic mass is 9.92. The van der Waals surface area contributed by atoms with Gasteiger partial charge in [0, 0.05) is 17.9 Å². The number of aliphatic hydroxyl groups is 1. The standard InChI is InChI=1S/C10H14BNO2/c11-6-8-9(14)4-3-7(10(8)12)2-1-5-13/h3-4,13-14H,1-2,5-6,12H2. The predicted molar refractivity (Wildman–Crippen MR) is 57.4 cm³/mol. The van der Waals surface area contributed by atoms with Crippen LogP contribution in [0.2, 0.25) is 0 Å². The van der Waals surface area contributed by atoms with Gasteiger partial charge in [0.15, 0.2) is 0 Å². The summed E-state index contributed by atoms with van der Waals surface area (Å²) < 4.78 is 0. The first-order chi connectivity index (χ1) is 6.70. The first kappa shape index (κ1) is 10.9. The summed E-state index contributed by atoms with van der Waals surface area (Å²) in [5, 5.41) is 18.1. The fraction of sp³-hybridized carbons (Fsp3) is 0.400. The number of phenols is 1. The fourth-order valence-electron chi connectivity index (χ4n) is 1.40. The van der Waals surface area contributed by atoms with Gasteiger partial charge >= 0.3 is 0 Å². The second kappa shape index (κ2) is 4.91. The van der Waals surface area contributed by atoms with Crippen molar-refractivity contribution < 1.29 is 10.2 Å². The molecule has 0 aliphatic heterocycles. The van der Waals surface area contributed by atoms with E-state index in [9.17, 15) is 5.11 Å². The molecule has 1 rings (SSSR count). The molecule has 0 atom stereocenters. The minimum absolute atomic E-state index is 0.137. The Balaban J connectivity index is 2.96. The van der Waals surface area contributed by atoms with E-state index in [4.69, 9.17) is 18.7 Å². The van der Waals surface area contributed by atoms with Gasteiger partial charge in [-0.1, -0.05) is 12.4 Å². The molecule has 14 heavy (non-hydrogen) atoms. The molecule has 0 aromatic heterocycles. The van der Waals surface area contributed by atoms with E-state index in [0.717, 1.165) is 5.56 Å². The van der Waals surface area contributed by atoms with E-state index in [1.165, 1.54) is 0 Å². The number of aryl methyl sites for hydroxylation is 1. The number of benzene rings is 1. The van der Waals surface area contributed by atoms with Crippen molar-refractivity contribution in [3.05, 3.63) is 23.3 Å². The predicted octanol–water partition coefficient (Wildman–Crippen LogP) is 0.568. The molecule has 74 valence electrons. The monoisotopic (exact) mass is 191 g/mol. The van der Waals surface area contributed by atoms with Gasteiger partial charge in [-0.05, 0) is 24.5 Å². The van der Waals surface area contributed by atoms with Crippen LogP contribution in [0.3, 0.4) is 0 Å². The lowest BCUT2D eigenvalue weighted by Gasteiger charge is -2.11. The largest absolute Gasteiger partial charge is 0.508 e. The minimum Gasteiger partial charge on any atom is -0.508 e. The summed E-state index contributed by atoms with van der Waals surface area (Å²) in [7, 11) is 5.46. The average molecular weight is 191 g/mol. The highest BCUT2D eigenvalue weighted by molar-refractivity contribution is 6.09. The highest BCUT2D eigenvalue weighted by Crippen LogP contribution is 2.27. The van der Waals surface area contributed by atoms with Crippen LogP contribution in [0.5, 0.6) is 5.75 Å². The van der Waals surface area contributed by atoms with Gasteiger partial charge in [-0.3, -0.25) is 0 Å². The summed E-state index contributed by atoms with van der Waals surface area (Å²) in [6, 6.07) is 3.35. The minimum atomic E-state index is 0.137. The molecule has 4 heteroatoms. The molecule has 4 N–H and O–H groups in total. The van der Waals surface area contributed by atoms with Gasteiger partial charge in [-0.15, -0.1) is 0 Å². The molecule has 0 aliphatic rings. The molecule has 0 aliphatic carbocycles. The molecular weight excluding hydrogens is 177 g/mol. The maximum atomic E-state index is 9.43. The molecule has 0 unspecified atom stereocenters. The summed E-state index contributed by atoms with van der Waals surface area (Å²) >= 11 is 0. The van der Waals surface area contributed by atoms with Crippen LogP contribution in [0.15, 0.2) is 12.1 Å². The molecule has 0 heterocycles. The smallest absolute Gasteiger partial charge is 0.120 e. The maximum Gasteiger partial charge on any atom is 0.120 e. The van der Waals surface area contributed by atoms with Crippen LogP contribution in [-0.2, 0) is 12.7 Å². The van der Waals surface area contributed by atoms with Crippen molar-refractivity contribution in [1.82, 2.24) is 0 Å². The van der Waals surface area contributed by atoms with E-state index in [2.05, 4.69) is 0 Å². The van der Waals surface area contributed by atoms with Gasteiger partial charge in [0.2, 0.25) is 0 Å². The normalized spacial score (nSPS) is 10.4. The van der Waals surface area contributed by atoms with Crippen molar-refractivity contribution in [2.24, 2.45) is 0 Å². The number of nitrogens with two attached hydrogens (primary N) is 1. The summed E-state index contributed by atoms with van der Waals surface area (Å²) in [6.45, 7) is 0.137. The molecule has 0 fully saturated rings. The Hall–Kier alpha value is -1.16. The van der Waals surface area contributed by atoms with Crippen molar-refractivity contribution in [3.63, 3.8) is 0 Å². The molecular formula is C10H14BNO2. The number of aromatic hydroxyl groups is 1. The second-order valence-corrected chi connectivity index (χ2v) is 3.17. The maximum absolute atomic E-state index is 9.43. The van der Waals surface area contributed by atoms with Crippen LogP contribution in [0.1, 0.15) is 17.5 Å². The molecule has 1 aromatic rings. The Morgan fingerprint density at radius 3 is 2.64 bits per heavy atom. The quantitative estimate of drug-likeness (QED) is 0.481. The molecule has 2 radical (unpaired) electrons. The second-order valence-electron chi connectivity index (χ2n) is 3.17. The molecule has 0 amide bonds. The lowest BCUT2D eigenvalue weighted by molar-refractivity contribution is 0.288. The summed E-state index contributed by atoms with van der Waals surface area (Å²) in [4.78, 5) is 0. The molecule has 0 saturated heterocycles. The third-order valence-corrected chi connectivity index (χ3v) is 2.23. The van der Waals surface area contributed by atoms with Gasteiger partial charge < -0.3 is 15.9 Å². The third kappa shape index (κ3) is 2.20. The van der Waals surface area contributed by atoms with Crippen molar-refractivity contribution in [3.8, 4) is 5.75 Å². The Morgan fingerprint density at radius 2 is 2.07 bits per heavy atom. The highest BCUT2D eigenvalue weighted by atomic mass is 16.3. The van der Waals surface area contributed by atoms with Gasteiger partial charge in [0.25, 0.3) is 0 Å². The summed E-state index contributed by atoms with van der Waals surface area (Å²) in [5.74, 6) is 0.137. The fourth-order valence-corrected chi connectivity index (χ4v) is 1.40. The van der Waals surface area contributed by atoms with E-state index in [-0.39, 0.29) is 18.7 Å². The highest BCUT2D eigenvalue weighted by Gasteiger charge is 2.07. The summed E-state index contributed by atoms with van der Waals surface area (Å²) in [6.07, 6.45) is 1.60. The number of nitrogen functional groups attached to an aromatic ring is 1. The Kier molecular flexibility index (Phi) is 3.83. The Bertz CT molecular complexity index is 315. The van der Waals surface area contributed by atoms with Crippen molar-refractivity contribution in [2.75, 3.05) is 12.3 Å². The Morgan fingerprint density at radius 1 is 1.36 bits per heavy atom. The van der Waals surface area contributed by atoms with Crippen LogP contribution in [-0.4, -0.2) is 24.7 Å². The number of hydrogen-bond acceptors (Lipinski definition) is 3. The molecule has 1 aromatic carbocycles. The number of phenolic OH excluding ortho intramolecular Hbond substituents is 1. The SMILES string of the molecule is [B]Cc1c(O)ccc(CCCO)c1N. The number of rotatable bonds is 4.